The Morgan fingerprint density at radius 3 is 2.70 bits per heavy atom. The molecule has 0 amide bonds. The number of piperidine rings is 1. The summed E-state index contributed by atoms with van der Waals surface area (Å²) in [5.74, 6) is 1.05. The second-order valence-electron chi connectivity index (χ2n) is 5.19. The van der Waals surface area contributed by atoms with E-state index in [1.54, 1.807) is 11.3 Å². The summed E-state index contributed by atoms with van der Waals surface area (Å²) in [5, 5.41) is 3.41. The molecule has 3 rings (SSSR count). The maximum Gasteiger partial charge on any atom is 0.133 e. The van der Waals surface area contributed by atoms with E-state index in [4.69, 9.17) is 0 Å². The molecule has 0 aromatic carbocycles. The molecule has 0 N–H and O–H groups in total. The zero-order valence-electron chi connectivity index (χ0n) is 11.7. The molecule has 2 aromatic heterocycles. The van der Waals surface area contributed by atoms with Crippen LogP contribution in [-0.4, -0.2) is 36.1 Å². The highest BCUT2D eigenvalue weighted by Crippen LogP contribution is 2.27. The monoisotopic (exact) mass is 287 g/mol. The van der Waals surface area contributed by atoms with Gasteiger partial charge in [-0.2, -0.15) is 0 Å². The van der Waals surface area contributed by atoms with E-state index in [1.807, 2.05) is 12.3 Å². The highest BCUT2D eigenvalue weighted by Gasteiger charge is 2.15. The van der Waals surface area contributed by atoms with Gasteiger partial charge in [-0.05, 0) is 55.6 Å². The summed E-state index contributed by atoms with van der Waals surface area (Å²) in [5.41, 5.74) is 0. The van der Waals surface area contributed by atoms with E-state index < -0.39 is 0 Å². The second kappa shape index (κ2) is 6.86. The molecule has 0 bridgehead atoms. The number of hydrogen-bond acceptors (Lipinski definition) is 4. The summed E-state index contributed by atoms with van der Waals surface area (Å²) < 4.78 is 0. The summed E-state index contributed by atoms with van der Waals surface area (Å²) in [6.07, 6.45) is 5.97. The number of aromatic nitrogens is 1. The van der Waals surface area contributed by atoms with Gasteiger partial charge >= 0.3 is 0 Å². The van der Waals surface area contributed by atoms with Gasteiger partial charge in [0.25, 0.3) is 0 Å². The van der Waals surface area contributed by atoms with Gasteiger partial charge < -0.3 is 9.80 Å². The first-order chi connectivity index (χ1) is 9.93. The molecule has 106 valence electrons. The van der Waals surface area contributed by atoms with Crippen LogP contribution < -0.4 is 4.90 Å². The number of pyridine rings is 1. The van der Waals surface area contributed by atoms with Crippen molar-refractivity contribution < 1.29 is 0 Å². The number of anilines is 2. The van der Waals surface area contributed by atoms with Gasteiger partial charge in [0.1, 0.15) is 5.82 Å². The Bertz CT molecular complexity index is 492. The Kier molecular flexibility index (Phi) is 4.66. The van der Waals surface area contributed by atoms with Crippen LogP contribution in [0.2, 0.25) is 0 Å². The molecule has 4 heteroatoms. The normalized spacial score (nSPS) is 16.2. The molecule has 0 spiro atoms. The van der Waals surface area contributed by atoms with Gasteiger partial charge in [0.15, 0.2) is 0 Å². The van der Waals surface area contributed by atoms with Crippen LogP contribution in [0.1, 0.15) is 19.3 Å². The fourth-order valence-corrected chi connectivity index (χ4v) is 3.46. The van der Waals surface area contributed by atoms with E-state index in [9.17, 15) is 0 Å². The Morgan fingerprint density at radius 1 is 1.10 bits per heavy atom. The van der Waals surface area contributed by atoms with Crippen LogP contribution in [0.25, 0.3) is 0 Å². The third-order valence-corrected chi connectivity index (χ3v) is 4.68. The summed E-state index contributed by atoms with van der Waals surface area (Å²) in [6, 6.07) is 10.4. The molecule has 1 aliphatic heterocycles. The minimum absolute atomic E-state index is 1.01. The standard InChI is InChI=1S/C16H21N3S/c1-4-10-18(11-5-1)12-13-19(16-8-6-14-20-16)15-7-2-3-9-17-15/h2-3,6-9,14H,1,4-5,10-13H2. The van der Waals surface area contributed by atoms with Crippen LogP contribution in [0.15, 0.2) is 41.9 Å². The predicted octanol–water partition coefficient (Wildman–Crippen LogP) is 3.77. The smallest absolute Gasteiger partial charge is 0.133 e. The quantitative estimate of drug-likeness (QED) is 0.834. The van der Waals surface area contributed by atoms with Gasteiger partial charge in [0.2, 0.25) is 0 Å². The van der Waals surface area contributed by atoms with Gasteiger partial charge in [0.05, 0.1) is 5.00 Å². The van der Waals surface area contributed by atoms with Crippen molar-refractivity contribution in [3.05, 3.63) is 41.9 Å². The van der Waals surface area contributed by atoms with Crippen LogP contribution >= 0.6 is 11.3 Å². The lowest BCUT2D eigenvalue weighted by atomic mass is 10.1. The van der Waals surface area contributed by atoms with E-state index in [-0.39, 0.29) is 0 Å². The fraction of sp³-hybridized carbons (Fsp3) is 0.438. The molecule has 0 unspecified atom stereocenters. The van der Waals surface area contributed by atoms with Gasteiger partial charge in [-0.1, -0.05) is 12.5 Å². The zero-order chi connectivity index (χ0) is 13.6. The maximum absolute atomic E-state index is 4.51. The van der Waals surface area contributed by atoms with E-state index in [1.165, 1.54) is 37.4 Å². The zero-order valence-corrected chi connectivity index (χ0v) is 12.6. The predicted molar refractivity (Wildman–Crippen MR) is 85.9 cm³/mol. The molecule has 20 heavy (non-hydrogen) atoms. The first kappa shape index (κ1) is 13.6. The molecule has 0 atom stereocenters. The van der Waals surface area contributed by atoms with Crippen molar-refractivity contribution in [2.75, 3.05) is 31.1 Å². The highest BCUT2D eigenvalue weighted by molar-refractivity contribution is 7.14. The Morgan fingerprint density at radius 2 is 2.00 bits per heavy atom. The van der Waals surface area contributed by atoms with Crippen LogP contribution in [0, 0.1) is 0 Å². The summed E-state index contributed by atoms with van der Waals surface area (Å²) in [7, 11) is 0. The lowest BCUT2D eigenvalue weighted by Crippen LogP contribution is -2.36. The van der Waals surface area contributed by atoms with Crippen molar-refractivity contribution in [1.29, 1.82) is 0 Å². The largest absolute Gasteiger partial charge is 0.317 e. The molecule has 3 heterocycles. The van der Waals surface area contributed by atoms with E-state index in [2.05, 4.69) is 44.4 Å². The maximum atomic E-state index is 4.51. The topological polar surface area (TPSA) is 19.4 Å². The number of hydrogen-bond donors (Lipinski definition) is 0. The van der Waals surface area contributed by atoms with E-state index in [0.29, 0.717) is 0 Å². The summed E-state index contributed by atoms with van der Waals surface area (Å²) in [4.78, 5) is 9.42. The SMILES string of the molecule is c1ccc(N(CCN2CCCCC2)c2cccs2)nc1. The van der Waals surface area contributed by atoms with Gasteiger partial charge in [-0.15, -0.1) is 11.3 Å². The molecular weight excluding hydrogens is 266 g/mol. The van der Waals surface area contributed by atoms with E-state index in [0.717, 1.165) is 18.9 Å². The number of nitrogens with zero attached hydrogens (tertiary/aromatic N) is 3. The second-order valence-corrected chi connectivity index (χ2v) is 6.12. The first-order valence-corrected chi connectivity index (χ1v) is 8.26. The lowest BCUT2D eigenvalue weighted by molar-refractivity contribution is 0.234. The summed E-state index contributed by atoms with van der Waals surface area (Å²) in [6.45, 7) is 4.63. The van der Waals surface area contributed by atoms with Gasteiger partial charge in [-0.25, -0.2) is 4.98 Å². The molecule has 1 aliphatic rings. The molecule has 1 saturated heterocycles. The van der Waals surface area contributed by atoms with E-state index >= 15 is 0 Å². The summed E-state index contributed by atoms with van der Waals surface area (Å²) >= 11 is 1.78. The third-order valence-electron chi connectivity index (χ3n) is 3.79. The molecular formula is C16H21N3S. The molecule has 3 nitrogen and oxygen atoms in total. The lowest BCUT2D eigenvalue weighted by Gasteiger charge is -2.30. The van der Waals surface area contributed by atoms with Crippen molar-refractivity contribution >= 4 is 22.2 Å². The van der Waals surface area contributed by atoms with Crippen molar-refractivity contribution in [3.8, 4) is 0 Å². The Hall–Kier alpha value is -1.39. The average Bonchev–Trinajstić information content (AvgIpc) is 3.04. The van der Waals surface area contributed by atoms with Crippen molar-refractivity contribution in [3.63, 3.8) is 0 Å². The van der Waals surface area contributed by atoms with Crippen molar-refractivity contribution in [2.45, 2.75) is 19.3 Å². The van der Waals surface area contributed by atoms with Gasteiger partial charge in [-0.3, -0.25) is 0 Å². The van der Waals surface area contributed by atoms with Crippen LogP contribution in [0.5, 0.6) is 0 Å². The Labute approximate surface area is 124 Å². The average molecular weight is 287 g/mol. The minimum Gasteiger partial charge on any atom is -0.317 e. The molecule has 2 aromatic rings. The van der Waals surface area contributed by atoms with Crippen molar-refractivity contribution in [1.82, 2.24) is 9.88 Å². The molecule has 0 radical (unpaired) electrons. The number of thiophene rings is 1. The fourth-order valence-electron chi connectivity index (χ4n) is 2.70. The number of rotatable bonds is 5. The van der Waals surface area contributed by atoms with Crippen LogP contribution in [-0.2, 0) is 0 Å². The van der Waals surface area contributed by atoms with Crippen LogP contribution in [0.4, 0.5) is 10.8 Å². The Balaban J connectivity index is 1.69. The number of likely N-dealkylation sites (tertiary alicyclic amines) is 1. The van der Waals surface area contributed by atoms with Crippen LogP contribution in [0.3, 0.4) is 0 Å². The molecule has 0 aliphatic carbocycles. The van der Waals surface area contributed by atoms with Gasteiger partial charge in [0, 0.05) is 19.3 Å². The molecule has 1 fully saturated rings. The van der Waals surface area contributed by atoms with Crippen molar-refractivity contribution in [2.24, 2.45) is 0 Å². The third kappa shape index (κ3) is 3.38. The molecule has 0 saturated carbocycles. The minimum atomic E-state index is 1.01. The highest BCUT2D eigenvalue weighted by atomic mass is 32.1. The first-order valence-electron chi connectivity index (χ1n) is 7.38.